The molecule has 0 saturated carbocycles. The summed E-state index contributed by atoms with van der Waals surface area (Å²) in [4.78, 5) is 26.5. The molecule has 0 bridgehead atoms. The number of carbonyl (C=O) groups excluding carboxylic acids is 2. The fourth-order valence-electron chi connectivity index (χ4n) is 4.79. The van der Waals surface area contributed by atoms with Crippen LogP contribution in [0.3, 0.4) is 0 Å². The third-order valence-electron chi connectivity index (χ3n) is 5.86. The summed E-state index contributed by atoms with van der Waals surface area (Å²) in [5.74, 6) is 1.25. The van der Waals surface area contributed by atoms with Crippen LogP contribution < -0.4 is 9.47 Å². The Morgan fingerprint density at radius 3 is 2.80 bits per heavy atom. The Kier molecular flexibility index (Phi) is 2.96. The second-order valence-corrected chi connectivity index (χ2v) is 7.19. The molecule has 4 aliphatic rings. The van der Waals surface area contributed by atoms with Gasteiger partial charge in [0, 0.05) is 30.9 Å². The largest absolute Gasteiger partial charge is 0.458 e. The van der Waals surface area contributed by atoms with Gasteiger partial charge in [-0.3, -0.25) is 9.59 Å². The molecule has 0 N–H and O–H groups in total. The number of nitrogens with zero attached hydrogens (tertiary/aromatic N) is 1. The normalized spacial score (nSPS) is 31.4. The van der Waals surface area contributed by atoms with Gasteiger partial charge in [-0.2, -0.15) is 0 Å². The average molecular weight is 341 g/mol. The van der Waals surface area contributed by atoms with Crippen LogP contribution in [-0.4, -0.2) is 42.3 Å². The van der Waals surface area contributed by atoms with Crippen LogP contribution in [0.4, 0.5) is 0 Å². The topological polar surface area (TPSA) is 65.1 Å². The molecule has 1 amide bonds. The number of rotatable bonds is 1. The Balaban J connectivity index is 1.67. The minimum Gasteiger partial charge on any atom is -0.458 e. The molecule has 3 heterocycles. The number of hydrogen-bond donors (Lipinski definition) is 0. The fraction of sp³-hybridized carbons (Fsp3) is 0.474. The van der Waals surface area contributed by atoms with Gasteiger partial charge < -0.3 is 19.1 Å². The van der Waals surface area contributed by atoms with Gasteiger partial charge in [0.05, 0.1) is 6.04 Å². The monoisotopic (exact) mass is 341 g/mol. The average Bonchev–Trinajstić information content (AvgIpc) is 3.19. The van der Waals surface area contributed by atoms with Gasteiger partial charge in [-0.1, -0.05) is 6.92 Å². The standard InChI is InChI=1S/C19H19NO5/c1-9-14(25-10(2)21)5-11-3-4-20-18(11)17(9)12-6-15-16(24-8-23-15)7-13(12)19(20)22/h5-7,9,14,17-18H,3-4,8H2,1-2H3/t9-,14+,17+,18-/m1/s1. The minimum absolute atomic E-state index is 0.0519. The van der Waals surface area contributed by atoms with Crippen molar-refractivity contribution in [2.24, 2.45) is 5.92 Å². The maximum atomic E-state index is 13.0. The van der Waals surface area contributed by atoms with E-state index in [2.05, 4.69) is 13.0 Å². The molecule has 4 atom stereocenters. The van der Waals surface area contributed by atoms with Crippen LogP contribution in [0.2, 0.25) is 0 Å². The van der Waals surface area contributed by atoms with Crippen LogP contribution in [-0.2, 0) is 9.53 Å². The van der Waals surface area contributed by atoms with Crippen molar-refractivity contribution >= 4 is 11.9 Å². The minimum atomic E-state index is -0.278. The summed E-state index contributed by atoms with van der Waals surface area (Å²) in [5, 5.41) is 0. The summed E-state index contributed by atoms with van der Waals surface area (Å²) >= 11 is 0. The molecule has 25 heavy (non-hydrogen) atoms. The van der Waals surface area contributed by atoms with E-state index in [-0.39, 0.29) is 42.7 Å². The lowest BCUT2D eigenvalue weighted by atomic mass is 9.69. The van der Waals surface area contributed by atoms with E-state index in [4.69, 9.17) is 14.2 Å². The van der Waals surface area contributed by atoms with Crippen molar-refractivity contribution in [3.63, 3.8) is 0 Å². The first-order valence-electron chi connectivity index (χ1n) is 8.67. The number of ether oxygens (including phenoxy) is 3. The molecule has 1 saturated heterocycles. The lowest BCUT2D eigenvalue weighted by Crippen LogP contribution is -2.50. The second-order valence-electron chi connectivity index (χ2n) is 7.19. The summed E-state index contributed by atoms with van der Waals surface area (Å²) in [6.07, 6.45) is 2.62. The van der Waals surface area contributed by atoms with Gasteiger partial charge in [0.1, 0.15) is 6.10 Å². The predicted octanol–water partition coefficient (Wildman–Crippen LogP) is 2.23. The van der Waals surface area contributed by atoms with Gasteiger partial charge in [-0.15, -0.1) is 0 Å². The fourth-order valence-corrected chi connectivity index (χ4v) is 4.79. The van der Waals surface area contributed by atoms with Gasteiger partial charge >= 0.3 is 5.97 Å². The van der Waals surface area contributed by atoms with Crippen molar-refractivity contribution in [2.75, 3.05) is 13.3 Å². The van der Waals surface area contributed by atoms with Gasteiger partial charge in [0.25, 0.3) is 5.91 Å². The third kappa shape index (κ3) is 1.97. The smallest absolute Gasteiger partial charge is 0.303 e. The molecule has 0 aromatic heterocycles. The molecule has 0 unspecified atom stereocenters. The Labute approximate surface area is 145 Å². The Bertz CT molecular complexity index is 829. The molecule has 6 heteroatoms. The van der Waals surface area contributed by atoms with E-state index in [9.17, 15) is 9.59 Å². The van der Waals surface area contributed by atoms with E-state index in [1.54, 1.807) is 6.07 Å². The van der Waals surface area contributed by atoms with E-state index in [1.807, 2.05) is 11.0 Å². The van der Waals surface area contributed by atoms with Gasteiger partial charge in [-0.25, -0.2) is 0 Å². The molecular formula is C19H19NO5. The van der Waals surface area contributed by atoms with Crippen molar-refractivity contribution in [3.8, 4) is 11.5 Å². The number of fused-ring (bicyclic) bond motifs is 3. The number of esters is 1. The van der Waals surface area contributed by atoms with Crippen molar-refractivity contribution < 1.29 is 23.8 Å². The zero-order valence-electron chi connectivity index (χ0n) is 14.2. The molecule has 5 rings (SSSR count). The molecule has 1 fully saturated rings. The molecule has 1 aromatic rings. The molecule has 0 radical (unpaired) electrons. The summed E-state index contributed by atoms with van der Waals surface area (Å²) < 4.78 is 16.5. The predicted molar refractivity (Wildman–Crippen MR) is 87.5 cm³/mol. The first kappa shape index (κ1) is 14.8. The molecule has 130 valence electrons. The van der Waals surface area contributed by atoms with E-state index >= 15 is 0 Å². The number of hydrogen-bond acceptors (Lipinski definition) is 5. The lowest BCUT2D eigenvalue weighted by molar-refractivity contribution is -0.147. The molecular weight excluding hydrogens is 322 g/mol. The first-order chi connectivity index (χ1) is 12.0. The summed E-state index contributed by atoms with van der Waals surface area (Å²) in [7, 11) is 0. The van der Waals surface area contributed by atoms with E-state index in [0.29, 0.717) is 23.6 Å². The first-order valence-corrected chi connectivity index (χ1v) is 8.67. The van der Waals surface area contributed by atoms with Crippen molar-refractivity contribution in [2.45, 2.75) is 38.3 Å². The van der Waals surface area contributed by atoms with Crippen molar-refractivity contribution in [3.05, 3.63) is 34.9 Å². The van der Waals surface area contributed by atoms with Crippen molar-refractivity contribution in [1.82, 2.24) is 4.90 Å². The van der Waals surface area contributed by atoms with Crippen LogP contribution in [0.5, 0.6) is 11.5 Å². The highest BCUT2D eigenvalue weighted by atomic mass is 16.7. The van der Waals surface area contributed by atoms with Crippen LogP contribution >= 0.6 is 0 Å². The number of benzene rings is 1. The molecule has 3 aliphatic heterocycles. The lowest BCUT2D eigenvalue weighted by Gasteiger charge is -2.45. The molecule has 0 spiro atoms. The zero-order valence-corrected chi connectivity index (χ0v) is 14.2. The highest BCUT2D eigenvalue weighted by Crippen LogP contribution is 2.51. The van der Waals surface area contributed by atoms with Gasteiger partial charge in [-0.05, 0) is 35.8 Å². The van der Waals surface area contributed by atoms with E-state index < -0.39 is 0 Å². The van der Waals surface area contributed by atoms with Crippen LogP contribution in [0.25, 0.3) is 0 Å². The van der Waals surface area contributed by atoms with E-state index in [0.717, 1.165) is 12.0 Å². The van der Waals surface area contributed by atoms with Gasteiger partial charge in [0.2, 0.25) is 6.79 Å². The second kappa shape index (κ2) is 5.00. The zero-order chi connectivity index (χ0) is 17.3. The maximum absolute atomic E-state index is 13.0. The Morgan fingerprint density at radius 1 is 1.28 bits per heavy atom. The van der Waals surface area contributed by atoms with Crippen LogP contribution in [0.15, 0.2) is 23.8 Å². The maximum Gasteiger partial charge on any atom is 0.303 e. The van der Waals surface area contributed by atoms with Crippen molar-refractivity contribution in [1.29, 1.82) is 0 Å². The summed E-state index contributed by atoms with van der Waals surface area (Å²) in [6.45, 7) is 4.42. The highest BCUT2D eigenvalue weighted by Gasteiger charge is 2.51. The number of amides is 1. The van der Waals surface area contributed by atoms with Gasteiger partial charge in [0.15, 0.2) is 11.5 Å². The third-order valence-corrected chi connectivity index (χ3v) is 5.86. The quantitative estimate of drug-likeness (QED) is 0.579. The molecule has 1 aliphatic carbocycles. The number of carbonyl (C=O) groups is 2. The Hall–Kier alpha value is -2.50. The summed E-state index contributed by atoms with van der Waals surface area (Å²) in [6, 6.07) is 3.81. The Morgan fingerprint density at radius 2 is 2.04 bits per heavy atom. The summed E-state index contributed by atoms with van der Waals surface area (Å²) in [5.41, 5.74) is 2.86. The van der Waals surface area contributed by atoms with E-state index in [1.165, 1.54) is 12.5 Å². The molecule has 6 nitrogen and oxygen atoms in total. The SMILES string of the molecule is CC(=O)O[C@H]1C=C2CCN3C(=O)c4cc5c(cc4[C@H]([C@@H]1C)[C@@H]23)OCO5. The van der Waals surface area contributed by atoms with Crippen LogP contribution in [0, 0.1) is 5.92 Å². The molecule has 1 aromatic carbocycles. The highest BCUT2D eigenvalue weighted by molar-refractivity contribution is 5.99. The van der Waals surface area contributed by atoms with Crippen LogP contribution in [0.1, 0.15) is 42.1 Å².